The lowest BCUT2D eigenvalue weighted by molar-refractivity contribution is 0.599. The summed E-state index contributed by atoms with van der Waals surface area (Å²) >= 11 is 8.58. The number of thioether (sulfide) groups is 1. The van der Waals surface area contributed by atoms with Crippen LogP contribution in [0.15, 0.2) is 40.4 Å². The highest BCUT2D eigenvalue weighted by atomic mass is 35.5. The van der Waals surface area contributed by atoms with Crippen LogP contribution in [0.2, 0.25) is 0 Å². The summed E-state index contributed by atoms with van der Waals surface area (Å²) in [7, 11) is 0. The van der Waals surface area contributed by atoms with Crippen LogP contribution in [0.25, 0.3) is 10.2 Å². The Morgan fingerprint density at radius 3 is 2.93 bits per heavy atom. The molecule has 30 heavy (non-hydrogen) atoms. The molecule has 3 rings (SSSR count). The van der Waals surface area contributed by atoms with Gasteiger partial charge in [0.15, 0.2) is 0 Å². The largest absolute Gasteiger partial charge is 0.385 e. The smallest absolute Gasteiger partial charge is 0.130 e. The van der Waals surface area contributed by atoms with E-state index in [1.54, 1.807) is 24.0 Å². The van der Waals surface area contributed by atoms with Crippen molar-refractivity contribution in [1.82, 2.24) is 4.98 Å². The number of nitrogens with two attached hydrogens (primary N) is 1. The molecule has 0 fully saturated rings. The molecule has 3 aromatic rings. The third-order valence-electron chi connectivity index (χ3n) is 4.75. The second kappa shape index (κ2) is 9.21. The van der Waals surface area contributed by atoms with Crippen LogP contribution >= 0.6 is 34.9 Å². The molecule has 3 N–H and O–H groups in total. The van der Waals surface area contributed by atoms with E-state index >= 15 is 0 Å². The van der Waals surface area contributed by atoms with E-state index in [0.29, 0.717) is 22.7 Å². The summed E-state index contributed by atoms with van der Waals surface area (Å²) < 4.78 is 18.6. The zero-order valence-corrected chi connectivity index (χ0v) is 19.1. The van der Waals surface area contributed by atoms with Gasteiger partial charge in [-0.05, 0) is 49.6 Å². The number of halogens is 2. The van der Waals surface area contributed by atoms with Gasteiger partial charge in [-0.2, -0.15) is 9.77 Å². The van der Waals surface area contributed by atoms with Gasteiger partial charge < -0.3 is 11.1 Å². The summed E-state index contributed by atoms with van der Waals surface area (Å²) in [6.45, 7) is 5.85. The first-order chi connectivity index (χ1) is 14.2. The molecule has 0 aliphatic carbocycles. The number of amidine groups is 1. The van der Waals surface area contributed by atoms with Gasteiger partial charge in [0, 0.05) is 34.8 Å². The maximum absolute atomic E-state index is 14.5. The summed E-state index contributed by atoms with van der Waals surface area (Å²) in [4.78, 5) is 4.38. The highest BCUT2D eigenvalue weighted by Crippen LogP contribution is 2.35. The number of rotatable bonds is 7. The molecule has 0 bridgehead atoms. The molecular formula is C21H21ClFN5S2. The number of nitriles is 1. The van der Waals surface area contributed by atoms with Crippen LogP contribution in [-0.2, 0) is 0 Å². The van der Waals surface area contributed by atoms with Gasteiger partial charge in [-0.1, -0.05) is 6.92 Å². The maximum Gasteiger partial charge on any atom is 0.130 e. The Morgan fingerprint density at radius 1 is 1.47 bits per heavy atom. The van der Waals surface area contributed by atoms with Crippen LogP contribution in [-0.4, -0.2) is 21.3 Å². The van der Waals surface area contributed by atoms with Gasteiger partial charge in [0.05, 0.1) is 20.7 Å². The van der Waals surface area contributed by atoms with Gasteiger partial charge in [0.2, 0.25) is 0 Å². The van der Waals surface area contributed by atoms with Crippen molar-refractivity contribution >= 4 is 62.3 Å². The Labute approximate surface area is 188 Å². The lowest BCUT2D eigenvalue weighted by atomic mass is 10.0. The van der Waals surface area contributed by atoms with E-state index in [-0.39, 0.29) is 11.7 Å². The van der Waals surface area contributed by atoms with Gasteiger partial charge in [-0.3, -0.25) is 4.98 Å². The SMILES string of the molecule is CC(CSC(C)(C)/C(N)=N/Cl)c1cc(Nc2csc3cc(C#N)cnc23)ccc1F. The number of pyridine rings is 1. The zero-order chi connectivity index (χ0) is 21.9. The highest BCUT2D eigenvalue weighted by Gasteiger charge is 2.25. The molecule has 0 amide bonds. The molecule has 0 saturated carbocycles. The number of aromatic nitrogens is 1. The lowest BCUT2D eigenvalue weighted by Gasteiger charge is -2.25. The van der Waals surface area contributed by atoms with Crippen molar-refractivity contribution in [1.29, 1.82) is 5.26 Å². The van der Waals surface area contributed by atoms with Gasteiger partial charge in [-0.15, -0.1) is 23.1 Å². The summed E-state index contributed by atoms with van der Waals surface area (Å²) in [5.41, 5.74) is 9.38. The van der Waals surface area contributed by atoms with Gasteiger partial charge >= 0.3 is 0 Å². The van der Waals surface area contributed by atoms with Crippen molar-refractivity contribution in [3.63, 3.8) is 0 Å². The minimum atomic E-state index is -0.439. The fourth-order valence-corrected chi connectivity index (χ4v) is 5.00. The van der Waals surface area contributed by atoms with Crippen LogP contribution in [0.1, 0.15) is 37.8 Å². The molecule has 0 aliphatic rings. The van der Waals surface area contributed by atoms with Crippen molar-refractivity contribution < 1.29 is 4.39 Å². The monoisotopic (exact) mass is 461 g/mol. The quantitative estimate of drug-likeness (QED) is 0.324. The van der Waals surface area contributed by atoms with Gasteiger partial charge in [-0.25, -0.2) is 4.39 Å². The van der Waals surface area contributed by atoms with Crippen molar-refractivity contribution in [3.8, 4) is 6.07 Å². The summed E-state index contributed by atoms with van der Waals surface area (Å²) in [5.74, 6) is 0.695. The van der Waals surface area contributed by atoms with Crippen LogP contribution in [0.3, 0.4) is 0 Å². The highest BCUT2D eigenvalue weighted by molar-refractivity contribution is 8.01. The number of hydrogen-bond acceptors (Lipinski definition) is 6. The van der Waals surface area contributed by atoms with Crippen molar-refractivity contribution in [3.05, 3.63) is 52.8 Å². The zero-order valence-electron chi connectivity index (χ0n) is 16.7. The Kier molecular flexibility index (Phi) is 6.86. The second-order valence-electron chi connectivity index (χ2n) is 7.39. The van der Waals surface area contributed by atoms with Gasteiger partial charge in [0.25, 0.3) is 0 Å². The van der Waals surface area contributed by atoms with Gasteiger partial charge in [0.1, 0.15) is 23.2 Å². The third kappa shape index (κ3) is 4.86. The van der Waals surface area contributed by atoms with E-state index in [1.807, 2.05) is 38.3 Å². The molecule has 9 heteroatoms. The summed E-state index contributed by atoms with van der Waals surface area (Å²) in [6, 6.07) is 8.89. The van der Waals surface area contributed by atoms with Crippen molar-refractivity contribution in [2.24, 2.45) is 10.2 Å². The number of fused-ring (bicyclic) bond motifs is 1. The fraction of sp³-hybridized carbons (Fsp3) is 0.286. The topological polar surface area (TPSA) is 87.1 Å². The molecule has 1 atom stereocenters. The standard InChI is InChI=1S/C21H21ClFN5S2/c1-12(10-30-21(2,3)20(25)28-22)15-7-14(4-5-16(15)23)27-17-11-29-18-6-13(8-24)9-26-19(17)18/h4-7,9,11-12,27H,10H2,1-3H3,(H2,25,28). The predicted molar refractivity (Wildman–Crippen MR) is 126 cm³/mol. The Balaban J connectivity index is 1.79. The first-order valence-electron chi connectivity index (χ1n) is 9.18. The Hall–Kier alpha value is -2.34. The number of nitrogens with zero attached hydrogens (tertiary/aromatic N) is 3. The minimum Gasteiger partial charge on any atom is -0.385 e. The summed E-state index contributed by atoms with van der Waals surface area (Å²) in [6.07, 6.45) is 1.55. The molecule has 156 valence electrons. The third-order valence-corrected chi connectivity index (χ3v) is 7.45. The van der Waals surface area contributed by atoms with E-state index in [9.17, 15) is 4.39 Å². The van der Waals surface area contributed by atoms with Crippen LogP contribution < -0.4 is 11.1 Å². The summed E-state index contributed by atoms with van der Waals surface area (Å²) in [5, 5.41) is 14.3. The molecule has 5 nitrogen and oxygen atoms in total. The number of anilines is 2. The Morgan fingerprint density at radius 2 is 2.23 bits per heavy atom. The molecule has 0 saturated heterocycles. The molecule has 2 aromatic heterocycles. The van der Waals surface area contributed by atoms with E-state index in [1.165, 1.54) is 17.4 Å². The normalized spacial score (nSPS) is 13.3. The number of hydrogen-bond donors (Lipinski definition) is 2. The Bertz CT molecular complexity index is 1140. The van der Waals surface area contributed by atoms with E-state index < -0.39 is 4.75 Å². The molecule has 0 radical (unpaired) electrons. The maximum atomic E-state index is 14.5. The second-order valence-corrected chi connectivity index (χ2v) is 10.1. The van der Waals surface area contributed by atoms with Crippen LogP contribution in [0, 0.1) is 17.1 Å². The number of thiophene rings is 1. The average Bonchev–Trinajstić information content (AvgIpc) is 3.14. The average molecular weight is 462 g/mol. The first-order valence-corrected chi connectivity index (χ1v) is 11.4. The fourth-order valence-electron chi connectivity index (χ4n) is 2.82. The van der Waals surface area contributed by atoms with Crippen molar-refractivity contribution in [2.45, 2.75) is 31.4 Å². The number of nitrogens with one attached hydrogen (secondary N) is 1. The van der Waals surface area contributed by atoms with E-state index in [0.717, 1.165) is 21.6 Å². The van der Waals surface area contributed by atoms with Crippen molar-refractivity contribution in [2.75, 3.05) is 11.1 Å². The lowest BCUT2D eigenvalue weighted by Crippen LogP contribution is -2.35. The minimum absolute atomic E-state index is 0.0466. The molecular weight excluding hydrogens is 441 g/mol. The predicted octanol–water partition coefficient (Wildman–Crippen LogP) is 6.18. The number of benzene rings is 1. The first kappa shape index (κ1) is 22.3. The van der Waals surface area contributed by atoms with E-state index in [4.69, 9.17) is 22.8 Å². The molecule has 1 aromatic carbocycles. The molecule has 2 heterocycles. The van der Waals surface area contributed by atoms with Crippen LogP contribution in [0.5, 0.6) is 0 Å². The van der Waals surface area contributed by atoms with E-state index in [2.05, 4.69) is 20.9 Å². The molecule has 1 unspecified atom stereocenters. The molecule has 0 spiro atoms. The van der Waals surface area contributed by atoms with Crippen LogP contribution in [0.4, 0.5) is 15.8 Å². The molecule has 0 aliphatic heterocycles.